The van der Waals surface area contributed by atoms with Crippen molar-refractivity contribution in [1.29, 1.82) is 0 Å². The predicted molar refractivity (Wildman–Crippen MR) is 112 cm³/mol. The number of nitrogens with zero attached hydrogens (tertiary/aromatic N) is 6. The Morgan fingerprint density at radius 2 is 1.76 bits per heavy atom. The summed E-state index contributed by atoms with van der Waals surface area (Å²) >= 11 is 1.55. The number of benzene rings is 1. The van der Waals surface area contributed by atoms with Crippen LogP contribution >= 0.6 is 11.8 Å². The van der Waals surface area contributed by atoms with Crippen molar-refractivity contribution in [2.75, 3.05) is 0 Å². The van der Waals surface area contributed by atoms with Crippen LogP contribution in [0.15, 0.2) is 58.5 Å². The van der Waals surface area contributed by atoms with Crippen molar-refractivity contribution < 1.29 is 4.52 Å². The second kappa shape index (κ2) is 8.57. The molecular weight excluding hydrogens is 384 g/mol. The fourth-order valence-electron chi connectivity index (χ4n) is 2.90. The Morgan fingerprint density at radius 1 is 1.00 bits per heavy atom. The lowest BCUT2D eigenvalue weighted by Crippen LogP contribution is -2.08. The number of aryl methyl sites for hydroxylation is 1. The largest absolute Gasteiger partial charge is 0.338 e. The van der Waals surface area contributed by atoms with E-state index < -0.39 is 0 Å². The Hall–Kier alpha value is -3.00. The van der Waals surface area contributed by atoms with Crippen molar-refractivity contribution in [3.63, 3.8) is 0 Å². The molecule has 0 atom stereocenters. The molecule has 148 valence electrons. The molecule has 0 radical (unpaired) electrons. The maximum Gasteiger partial charge on any atom is 0.237 e. The fraction of sp³-hybridized carbons (Fsp3) is 0.286. The van der Waals surface area contributed by atoms with Gasteiger partial charge in [0.2, 0.25) is 11.7 Å². The zero-order chi connectivity index (χ0) is 20.2. The number of rotatable bonds is 7. The molecule has 0 spiro atoms. The lowest BCUT2D eigenvalue weighted by atomic mass is 10.1. The number of aromatic nitrogens is 6. The Bertz CT molecular complexity index is 1070. The van der Waals surface area contributed by atoms with E-state index in [1.54, 1.807) is 24.2 Å². The van der Waals surface area contributed by atoms with Gasteiger partial charge in [0.25, 0.3) is 0 Å². The van der Waals surface area contributed by atoms with Gasteiger partial charge in [-0.25, -0.2) is 0 Å². The van der Waals surface area contributed by atoms with Crippen LogP contribution in [0.1, 0.15) is 25.3 Å². The van der Waals surface area contributed by atoms with Crippen LogP contribution in [0.25, 0.3) is 22.8 Å². The smallest absolute Gasteiger partial charge is 0.237 e. The molecule has 8 heteroatoms. The van der Waals surface area contributed by atoms with Gasteiger partial charge in [-0.1, -0.05) is 60.6 Å². The zero-order valence-electron chi connectivity index (χ0n) is 16.6. The second-order valence-electron chi connectivity index (χ2n) is 7.21. The average Bonchev–Trinajstić information content (AvgIpc) is 3.34. The van der Waals surface area contributed by atoms with Gasteiger partial charge in [-0.3, -0.25) is 4.98 Å². The van der Waals surface area contributed by atoms with E-state index in [2.05, 4.69) is 50.7 Å². The molecule has 4 aromatic rings. The molecule has 7 nitrogen and oxygen atoms in total. The molecular formula is C21H22N6OS. The summed E-state index contributed by atoms with van der Waals surface area (Å²) in [6.07, 6.45) is 3.53. The maximum absolute atomic E-state index is 5.44. The van der Waals surface area contributed by atoms with Gasteiger partial charge in [0.15, 0.2) is 11.0 Å². The molecule has 0 N–H and O–H groups in total. The predicted octanol–water partition coefficient (Wildman–Crippen LogP) is 4.65. The van der Waals surface area contributed by atoms with E-state index in [1.807, 2.05) is 36.4 Å². The van der Waals surface area contributed by atoms with Crippen LogP contribution in [0, 0.1) is 12.8 Å². The van der Waals surface area contributed by atoms with Crippen molar-refractivity contribution in [2.45, 2.75) is 38.2 Å². The topological polar surface area (TPSA) is 82.5 Å². The highest BCUT2D eigenvalue weighted by atomic mass is 32.2. The van der Waals surface area contributed by atoms with E-state index in [0.29, 0.717) is 23.4 Å². The number of pyridine rings is 1. The molecule has 0 unspecified atom stereocenters. The molecule has 0 bridgehead atoms. The minimum atomic E-state index is 0.461. The molecule has 3 aromatic heterocycles. The number of thioether (sulfide) groups is 1. The highest BCUT2D eigenvalue weighted by Crippen LogP contribution is 2.27. The minimum absolute atomic E-state index is 0.461. The normalized spacial score (nSPS) is 11.3. The molecule has 0 amide bonds. The monoisotopic (exact) mass is 406 g/mol. The molecule has 0 saturated heterocycles. The van der Waals surface area contributed by atoms with Crippen LogP contribution in [0.3, 0.4) is 0 Å². The van der Waals surface area contributed by atoms with Crippen LogP contribution < -0.4 is 0 Å². The summed E-state index contributed by atoms with van der Waals surface area (Å²) in [6.45, 7) is 7.23. The van der Waals surface area contributed by atoms with Crippen molar-refractivity contribution in [3.05, 3.63) is 60.2 Å². The molecule has 0 aliphatic rings. The maximum atomic E-state index is 5.44. The van der Waals surface area contributed by atoms with E-state index in [-0.39, 0.29) is 0 Å². The van der Waals surface area contributed by atoms with Crippen LogP contribution in [-0.4, -0.2) is 29.9 Å². The first-order chi connectivity index (χ1) is 14.1. The summed E-state index contributed by atoms with van der Waals surface area (Å²) in [5.41, 5.74) is 3.14. The van der Waals surface area contributed by atoms with Gasteiger partial charge in [0, 0.05) is 30.1 Å². The van der Waals surface area contributed by atoms with Crippen molar-refractivity contribution in [2.24, 2.45) is 5.92 Å². The molecule has 1 aromatic carbocycles. The summed E-state index contributed by atoms with van der Waals surface area (Å²) in [5, 5.41) is 13.7. The van der Waals surface area contributed by atoms with Gasteiger partial charge < -0.3 is 9.09 Å². The van der Waals surface area contributed by atoms with E-state index in [0.717, 1.165) is 28.7 Å². The first kappa shape index (κ1) is 19.3. The SMILES string of the molecule is Cc1ccc(-c2noc(CSc3nnc(-c4ccncc4)n3CC(C)C)n2)cc1. The van der Waals surface area contributed by atoms with Gasteiger partial charge in [0.1, 0.15) is 0 Å². The summed E-state index contributed by atoms with van der Waals surface area (Å²) in [4.78, 5) is 8.60. The standard InChI is InChI=1S/C21H22N6OS/c1-14(2)12-27-20(17-8-10-22-11-9-17)24-25-21(27)29-13-18-23-19(26-28-18)16-6-4-15(3)5-7-16/h4-11,14H,12-13H2,1-3H3. The molecule has 0 saturated carbocycles. The molecule has 29 heavy (non-hydrogen) atoms. The third kappa shape index (κ3) is 4.54. The summed E-state index contributed by atoms with van der Waals surface area (Å²) < 4.78 is 7.58. The zero-order valence-corrected chi connectivity index (χ0v) is 17.4. The van der Waals surface area contributed by atoms with Gasteiger partial charge in [-0.15, -0.1) is 10.2 Å². The van der Waals surface area contributed by atoms with Crippen LogP contribution in [0.4, 0.5) is 0 Å². The molecule has 0 aliphatic carbocycles. The highest BCUT2D eigenvalue weighted by Gasteiger charge is 2.17. The first-order valence-corrected chi connectivity index (χ1v) is 10.4. The van der Waals surface area contributed by atoms with Crippen LogP contribution in [0.5, 0.6) is 0 Å². The van der Waals surface area contributed by atoms with Crippen LogP contribution in [0.2, 0.25) is 0 Å². The molecule has 0 fully saturated rings. The third-order valence-corrected chi connectivity index (χ3v) is 5.26. The van der Waals surface area contributed by atoms with Crippen LogP contribution in [-0.2, 0) is 12.3 Å². The second-order valence-corrected chi connectivity index (χ2v) is 8.16. The van der Waals surface area contributed by atoms with Gasteiger partial charge in [-0.2, -0.15) is 4.98 Å². The summed E-state index contributed by atoms with van der Waals surface area (Å²) in [7, 11) is 0. The van der Waals surface area contributed by atoms with Crippen molar-refractivity contribution in [1.82, 2.24) is 29.9 Å². The molecule has 4 rings (SSSR count). The van der Waals surface area contributed by atoms with Gasteiger partial charge in [0.05, 0.1) is 5.75 Å². The summed E-state index contributed by atoms with van der Waals surface area (Å²) in [5.74, 6) is 3.00. The lowest BCUT2D eigenvalue weighted by Gasteiger charge is -2.12. The van der Waals surface area contributed by atoms with Gasteiger partial charge in [-0.05, 0) is 25.0 Å². The van der Waals surface area contributed by atoms with E-state index >= 15 is 0 Å². The van der Waals surface area contributed by atoms with Crippen molar-refractivity contribution >= 4 is 11.8 Å². The lowest BCUT2D eigenvalue weighted by molar-refractivity contribution is 0.391. The number of hydrogen-bond acceptors (Lipinski definition) is 7. The highest BCUT2D eigenvalue weighted by molar-refractivity contribution is 7.98. The van der Waals surface area contributed by atoms with E-state index in [4.69, 9.17) is 4.52 Å². The minimum Gasteiger partial charge on any atom is -0.338 e. The number of hydrogen-bond donors (Lipinski definition) is 0. The quantitative estimate of drug-likeness (QED) is 0.413. The van der Waals surface area contributed by atoms with E-state index in [9.17, 15) is 0 Å². The van der Waals surface area contributed by atoms with E-state index in [1.165, 1.54) is 5.56 Å². The fourth-order valence-corrected chi connectivity index (χ4v) is 3.68. The van der Waals surface area contributed by atoms with Gasteiger partial charge >= 0.3 is 0 Å². The Labute approximate surface area is 173 Å². The first-order valence-electron chi connectivity index (χ1n) is 9.46. The Kier molecular flexibility index (Phi) is 5.71. The Balaban J connectivity index is 1.53. The molecule has 3 heterocycles. The van der Waals surface area contributed by atoms with Crippen molar-refractivity contribution in [3.8, 4) is 22.8 Å². The summed E-state index contributed by atoms with van der Waals surface area (Å²) in [6, 6.07) is 12.0. The average molecular weight is 407 g/mol. The molecule has 0 aliphatic heterocycles. The Morgan fingerprint density at radius 3 is 2.48 bits per heavy atom. The third-order valence-electron chi connectivity index (χ3n) is 4.31.